The number of nitrogens with one attached hydrogen (secondary N) is 1. The van der Waals surface area contributed by atoms with Gasteiger partial charge in [-0.25, -0.2) is 0 Å². The van der Waals surface area contributed by atoms with E-state index in [2.05, 4.69) is 26.1 Å². The fraction of sp³-hybridized carbons (Fsp3) is 0.957. The highest BCUT2D eigenvalue weighted by Crippen LogP contribution is 2.65. The zero-order valence-electron chi connectivity index (χ0n) is 18.1. The molecular weight excluding hydrogens is 370 g/mol. The number of rotatable bonds is 4. The Morgan fingerprint density at radius 1 is 1.10 bits per heavy atom. The van der Waals surface area contributed by atoms with Crippen molar-refractivity contribution in [1.29, 1.82) is 0 Å². The normalized spacial score (nSPS) is 52.9. The van der Waals surface area contributed by atoms with Crippen LogP contribution in [0.15, 0.2) is 0 Å². The van der Waals surface area contributed by atoms with E-state index in [-0.39, 0.29) is 53.1 Å². The zero-order valence-corrected chi connectivity index (χ0v) is 18.1. The number of aliphatic carboxylic acids is 1. The van der Waals surface area contributed by atoms with Crippen LogP contribution in [-0.2, 0) is 4.79 Å². The summed E-state index contributed by atoms with van der Waals surface area (Å²) in [6.45, 7) is 7.16. The molecule has 6 heteroatoms. The van der Waals surface area contributed by atoms with Crippen LogP contribution >= 0.6 is 0 Å². The second kappa shape index (κ2) is 7.47. The number of hydrogen-bond donors (Lipinski definition) is 5. The molecule has 166 valence electrons. The molecular formula is C23H39NO5. The van der Waals surface area contributed by atoms with E-state index in [4.69, 9.17) is 5.11 Å². The standard InChI is InChI=1S/C23H39NO5/c1-12(4-7-20(28)29)15-5-6-16-21-17(10-19(27)22(15,16)2)23(3)13(9-18(21)26)8-14(25)11-24-23/h12-19,21,24-27H,4-11H2,1-3H3,(H,28,29)/t12-,13+,14+,15-,16+,17+,18-,19+,21+,22-,23+/m1/s1. The molecule has 1 saturated heterocycles. The van der Waals surface area contributed by atoms with Crippen molar-refractivity contribution in [2.24, 2.45) is 40.9 Å². The van der Waals surface area contributed by atoms with Crippen molar-refractivity contribution in [3.8, 4) is 0 Å². The number of aliphatic hydroxyl groups excluding tert-OH is 3. The molecule has 3 aliphatic carbocycles. The first kappa shape index (κ1) is 21.5. The monoisotopic (exact) mass is 409 g/mol. The smallest absolute Gasteiger partial charge is 0.303 e. The molecule has 0 aromatic rings. The Labute approximate surface area is 174 Å². The predicted molar refractivity (Wildman–Crippen MR) is 109 cm³/mol. The van der Waals surface area contributed by atoms with E-state index < -0.39 is 18.2 Å². The lowest BCUT2D eigenvalue weighted by atomic mass is 9.46. The van der Waals surface area contributed by atoms with Gasteiger partial charge in [-0.3, -0.25) is 4.79 Å². The van der Waals surface area contributed by atoms with Gasteiger partial charge in [0.1, 0.15) is 0 Å². The van der Waals surface area contributed by atoms with E-state index in [0.717, 1.165) is 19.3 Å². The Kier molecular flexibility index (Phi) is 5.55. The van der Waals surface area contributed by atoms with Crippen LogP contribution in [0.25, 0.3) is 0 Å². The van der Waals surface area contributed by atoms with Crippen LogP contribution in [0, 0.1) is 40.9 Å². The zero-order chi connectivity index (χ0) is 21.1. The maximum Gasteiger partial charge on any atom is 0.303 e. The summed E-state index contributed by atoms with van der Waals surface area (Å²) in [6.07, 6.45) is 3.73. The minimum atomic E-state index is -0.756. The Balaban J connectivity index is 1.61. The molecule has 0 unspecified atom stereocenters. The first-order valence-electron chi connectivity index (χ1n) is 11.6. The molecule has 1 heterocycles. The van der Waals surface area contributed by atoms with Gasteiger partial charge in [0.05, 0.1) is 18.3 Å². The quantitative estimate of drug-likeness (QED) is 0.486. The van der Waals surface area contributed by atoms with Crippen LogP contribution < -0.4 is 5.32 Å². The molecule has 4 fully saturated rings. The summed E-state index contributed by atoms with van der Waals surface area (Å²) in [5, 5.41) is 45.5. The minimum absolute atomic E-state index is 0.154. The molecule has 5 N–H and O–H groups in total. The fourth-order valence-corrected chi connectivity index (χ4v) is 8.28. The number of β-amino-alcohol motifs (C(OH)–C–C–N with tert-alkyl or cyclic N) is 1. The molecule has 0 radical (unpaired) electrons. The van der Waals surface area contributed by atoms with Crippen LogP contribution in [-0.4, -0.2) is 56.8 Å². The van der Waals surface area contributed by atoms with E-state index in [1.807, 2.05) is 0 Å². The Hall–Kier alpha value is -0.690. The van der Waals surface area contributed by atoms with Crippen LogP contribution in [0.4, 0.5) is 0 Å². The molecule has 11 atom stereocenters. The third-order valence-corrected chi connectivity index (χ3v) is 9.88. The molecule has 29 heavy (non-hydrogen) atoms. The molecule has 3 saturated carbocycles. The van der Waals surface area contributed by atoms with E-state index >= 15 is 0 Å². The predicted octanol–water partition coefficient (Wildman–Crippen LogP) is 2.01. The third kappa shape index (κ3) is 3.26. The number of hydrogen-bond acceptors (Lipinski definition) is 5. The Bertz CT molecular complexity index is 643. The summed E-state index contributed by atoms with van der Waals surface area (Å²) in [4.78, 5) is 11.1. The minimum Gasteiger partial charge on any atom is -0.481 e. The first-order valence-corrected chi connectivity index (χ1v) is 11.6. The molecule has 0 spiro atoms. The van der Waals surface area contributed by atoms with Gasteiger partial charge < -0.3 is 25.7 Å². The highest BCUT2D eigenvalue weighted by Gasteiger charge is 2.65. The molecule has 0 amide bonds. The first-order chi connectivity index (χ1) is 13.6. The lowest BCUT2D eigenvalue weighted by Crippen LogP contribution is -2.70. The highest BCUT2D eigenvalue weighted by atomic mass is 16.4. The van der Waals surface area contributed by atoms with Gasteiger partial charge in [0, 0.05) is 18.5 Å². The summed E-state index contributed by atoms with van der Waals surface area (Å²) in [5.41, 5.74) is -0.421. The highest BCUT2D eigenvalue weighted by molar-refractivity contribution is 5.66. The van der Waals surface area contributed by atoms with Gasteiger partial charge in [0.15, 0.2) is 0 Å². The SMILES string of the molecule is C[C@H](CCC(=O)O)[C@H]1CC[C@H]2[C@@H]3[C@H](O)C[C@@H]4C[C@H](O)CN[C@]4(C)[C@H]3C[C@H](O)[C@]12C. The van der Waals surface area contributed by atoms with Gasteiger partial charge in [0.25, 0.3) is 0 Å². The summed E-state index contributed by atoms with van der Waals surface area (Å²) in [6, 6.07) is 0. The molecule has 0 aromatic carbocycles. The average molecular weight is 410 g/mol. The van der Waals surface area contributed by atoms with Crippen molar-refractivity contribution in [2.45, 2.75) is 89.6 Å². The summed E-state index contributed by atoms with van der Waals surface area (Å²) >= 11 is 0. The van der Waals surface area contributed by atoms with Gasteiger partial charge in [-0.15, -0.1) is 0 Å². The molecule has 6 nitrogen and oxygen atoms in total. The maximum absolute atomic E-state index is 11.4. The van der Waals surface area contributed by atoms with Crippen molar-refractivity contribution in [3.05, 3.63) is 0 Å². The van der Waals surface area contributed by atoms with Crippen LogP contribution in [0.2, 0.25) is 0 Å². The number of carbonyl (C=O) groups is 1. The van der Waals surface area contributed by atoms with Crippen LogP contribution in [0.3, 0.4) is 0 Å². The average Bonchev–Trinajstić information content (AvgIpc) is 3.01. The molecule has 4 rings (SSSR count). The van der Waals surface area contributed by atoms with Crippen LogP contribution in [0.5, 0.6) is 0 Å². The fourth-order valence-electron chi connectivity index (χ4n) is 8.28. The van der Waals surface area contributed by atoms with Gasteiger partial charge in [-0.2, -0.15) is 0 Å². The summed E-state index contributed by atoms with van der Waals surface area (Å²) in [5.74, 6) is 0.628. The Morgan fingerprint density at radius 3 is 2.52 bits per heavy atom. The van der Waals surface area contributed by atoms with Crippen molar-refractivity contribution in [2.75, 3.05) is 6.54 Å². The van der Waals surface area contributed by atoms with Crippen molar-refractivity contribution < 1.29 is 25.2 Å². The summed E-state index contributed by atoms with van der Waals surface area (Å²) in [7, 11) is 0. The lowest BCUT2D eigenvalue weighted by Gasteiger charge is -2.63. The maximum atomic E-state index is 11.4. The third-order valence-electron chi connectivity index (χ3n) is 9.88. The molecule has 0 aromatic heterocycles. The number of carboxylic acid groups (broad SMARTS) is 1. The van der Waals surface area contributed by atoms with E-state index in [1.54, 1.807) is 0 Å². The van der Waals surface area contributed by atoms with Gasteiger partial charge in [0.2, 0.25) is 0 Å². The van der Waals surface area contributed by atoms with E-state index in [1.165, 1.54) is 0 Å². The van der Waals surface area contributed by atoms with E-state index in [9.17, 15) is 20.1 Å². The number of fused-ring (bicyclic) bond motifs is 5. The lowest BCUT2D eigenvalue weighted by molar-refractivity contribution is -0.188. The van der Waals surface area contributed by atoms with Crippen molar-refractivity contribution in [1.82, 2.24) is 5.32 Å². The number of aliphatic hydroxyl groups is 3. The second-order valence-corrected chi connectivity index (χ2v) is 11.1. The topological polar surface area (TPSA) is 110 Å². The van der Waals surface area contributed by atoms with Gasteiger partial charge in [-0.05, 0) is 86.4 Å². The van der Waals surface area contributed by atoms with Crippen molar-refractivity contribution in [3.63, 3.8) is 0 Å². The molecule has 0 bridgehead atoms. The second-order valence-electron chi connectivity index (χ2n) is 11.1. The number of piperidine rings is 1. The van der Waals surface area contributed by atoms with E-state index in [0.29, 0.717) is 31.7 Å². The van der Waals surface area contributed by atoms with Gasteiger partial charge in [-0.1, -0.05) is 13.8 Å². The Morgan fingerprint density at radius 2 is 1.83 bits per heavy atom. The van der Waals surface area contributed by atoms with Gasteiger partial charge >= 0.3 is 5.97 Å². The summed E-state index contributed by atoms with van der Waals surface area (Å²) < 4.78 is 0. The van der Waals surface area contributed by atoms with Crippen LogP contribution in [0.1, 0.15) is 65.7 Å². The molecule has 4 aliphatic rings. The molecule has 1 aliphatic heterocycles. The largest absolute Gasteiger partial charge is 0.481 e. The van der Waals surface area contributed by atoms with Crippen molar-refractivity contribution >= 4 is 5.97 Å². The number of carboxylic acids is 1.